The van der Waals surface area contributed by atoms with Gasteiger partial charge in [-0.05, 0) is 24.6 Å². The summed E-state index contributed by atoms with van der Waals surface area (Å²) in [6, 6.07) is 5.95. The summed E-state index contributed by atoms with van der Waals surface area (Å²) in [5.74, 6) is 0.999. The number of rotatable bonds is 11. The Balaban J connectivity index is 1.15. The van der Waals surface area contributed by atoms with Gasteiger partial charge in [-0.2, -0.15) is 18.3 Å². The lowest BCUT2D eigenvalue weighted by atomic mass is 10.0. The van der Waals surface area contributed by atoms with Gasteiger partial charge >= 0.3 is 6.18 Å². The molecule has 1 N–H and O–H groups in total. The maximum Gasteiger partial charge on any atom is 0.423 e. The second-order valence-electron chi connectivity index (χ2n) is 9.64. The van der Waals surface area contributed by atoms with Crippen LogP contribution in [0, 0.1) is 5.82 Å². The molecule has 12 nitrogen and oxygen atoms in total. The van der Waals surface area contributed by atoms with Crippen LogP contribution in [0.1, 0.15) is 35.7 Å². The van der Waals surface area contributed by atoms with Gasteiger partial charge in [-0.25, -0.2) is 19.0 Å². The molecular weight excluding hydrogens is 564 g/mol. The summed E-state index contributed by atoms with van der Waals surface area (Å²) in [5, 5.41) is 14.6. The molecule has 1 aromatic carbocycles. The number of ether oxygens (including phenoxy) is 2. The molecule has 3 aromatic heterocycles. The molecule has 1 fully saturated rings. The zero-order valence-corrected chi connectivity index (χ0v) is 22.5. The number of nitrogens with zero attached hydrogens (tertiary/aromatic N) is 7. The SMILES string of the molecule is COc1ccc(Cn2ncc(NC(C)COCc3nnc(C4CN(c5ncc(F)cn5)C4)o3)c(C(F)(F)F)c2=O)cc1. The van der Waals surface area contributed by atoms with Crippen molar-refractivity contribution >= 4 is 11.6 Å². The minimum absolute atomic E-state index is 0.0247. The third-order valence-electron chi connectivity index (χ3n) is 6.42. The standard InChI is InChI=1S/C26H26F4N8O4/c1-15(13-41-14-21-35-36-23(42-21)17-11-37(12-17)25-31-7-18(27)8-32-25)34-20-9-33-38(24(39)22(20)26(28,29)30)10-16-3-5-19(40-2)6-4-16/h3-9,15,17,34H,10-14H2,1-2H3. The van der Waals surface area contributed by atoms with Gasteiger partial charge < -0.3 is 24.1 Å². The van der Waals surface area contributed by atoms with Crippen molar-refractivity contribution in [2.75, 3.05) is 37.0 Å². The van der Waals surface area contributed by atoms with Crippen molar-refractivity contribution in [3.8, 4) is 5.75 Å². The quantitative estimate of drug-likeness (QED) is 0.258. The van der Waals surface area contributed by atoms with E-state index in [1.807, 2.05) is 4.90 Å². The van der Waals surface area contributed by atoms with E-state index in [1.54, 1.807) is 31.2 Å². The van der Waals surface area contributed by atoms with E-state index in [0.29, 0.717) is 36.2 Å². The van der Waals surface area contributed by atoms with E-state index >= 15 is 0 Å². The highest BCUT2D eigenvalue weighted by Gasteiger charge is 2.38. The van der Waals surface area contributed by atoms with E-state index in [9.17, 15) is 22.4 Å². The van der Waals surface area contributed by atoms with Crippen molar-refractivity contribution < 1.29 is 31.5 Å². The third kappa shape index (κ3) is 6.64. The first-order valence-corrected chi connectivity index (χ1v) is 12.8. The molecule has 0 bridgehead atoms. The number of anilines is 2. The fraction of sp³-hybridized carbons (Fsp3) is 0.385. The van der Waals surface area contributed by atoms with E-state index in [4.69, 9.17) is 13.9 Å². The van der Waals surface area contributed by atoms with Gasteiger partial charge in [0.25, 0.3) is 5.56 Å². The summed E-state index contributed by atoms with van der Waals surface area (Å²) in [6.45, 7) is 2.40. The fourth-order valence-corrected chi connectivity index (χ4v) is 4.28. The van der Waals surface area contributed by atoms with Crippen LogP contribution < -0.4 is 20.5 Å². The zero-order valence-electron chi connectivity index (χ0n) is 22.5. The molecule has 222 valence electrons. The molecule has 4 heterocycles. The van der Waals surface area contributed by atoms with Crippen LogP contribution in [0.3, 0.4) is 0 Å². The van der Waals surface area contributed by atoms with Crippen LogP contribution in [0.2, 0.25) is 0 Å². The molecule has 0 saturated carbocycles. The van der Waals surface area contributed by atoms with Crippen molar-refractivity contribution in [1.29, 1.82) is 0 Å². The van der Waals surface area contributed by atoms with Gasteiger partial charge in [-0.1, -0.05) is 12.1 Å². The normalized spacial score (nSPS) is 14.5. The molecule has 16 heteroatoms. The Morgan fingerprint density at radius 2 is 1.83 bits per heavy atom. The Labute approximate surface area is 236 Å². The van der Waals surface area contributed by atoms with Crippen molar-refractivity contribution in [3.05, 3.63) is 81.9 Å². The average molecular weight is 591 g/mol. The number of alkyl halides is 3. The molecule has 42 heavy (non-hydrogen) atoms. The molecule has 1 aliphatic rings. The third-order valence-corrected chi connectivity index (χ3v) is 6.42. The lowest BCUT2D eigenvalue weighted by Crippen LogP contribution is -2.46. The number of methoxy groups -OCH3 is 1. The first-order valence-electron chi connectivity index (χ1n) is 12.8. The minimum atomic E-state index is -4.91. The number of benzene rings is 1. The highest BCUT2D eigenvalue weighted by Crippen LogP contribution is 2.32. The second-order valence-corrected chi connectivity index (χ2v) is 9.64. The van der Waals surface area contributed by atoms with Crippen LogP contribution in [0.15, 0.2) is 52.1 Å². The van der Waals surface area contributed by atoms with Crippen LogP contribution in [-0.4, -0.2) is 62.8 Å². The van der Waals surface area contributed by atoms with Gasteiger partial charge in [0.05, 0.1) is 50.5 Å². The van der Waals surface area contributed by atoms with Crippen LogP contribution in [0.4, 0.5) is 29.2 Å². The molecule has 4 aromatic rings. The number of halogens is 4. The maximum atomic E-state index is 13.9. The first-order chi connectivity index (χ1) is 20.1. The molecule has 1 unspecified atom stereocenters. The number of nitrogens with one attached hydrogen (secondary N) is 1. The summed E-state index contributed by atoms with van der Waals surface area (Å²) in [5.41, 5.74) is -2.48. The Morgan fingerprint density at radius 1 is 1.12 bits per heavy atom. The van der Waals surface area contributed by atoms with Gasteiger partial charge in [0.2, 0.25) is 17.7 Å². The molecule has 0 radical (unpaired) electrons. The molecule has 1 aliphatic heterocycles. The topological polar surface area (TPSA) is 133 Å². The van der Waals surface area contributed by atoms with Crippen molar-refractivity contribution in [3.63, 3.8) is 0 Å². The summed E-state index contributed by atoms with van der Waals surface area (Å²) in [4.78, 5) is 22.5. The van der Waals surface area contributed by atoms with Gasteiger partial charge in [0.1, 0.15) is 17.9 Å². The summed E-state index contributed by atoms with van der Waals surface area (Å²) in [7, 11) is 1.49. The molecule has 0 amide bonds. The first kappa shape index (κ1) is 28.9. The molecule has 5 rings (SSSR count). The second kappa shape index (κ2) is 12.1. The molecular formula is C26H26F4N8O4. The van der Waals surface area contributed by atoms with Crippen LogP contribution in [0.25, 0.3) is 0 Å². The molecule has 1 saturated heterocycles. The van der Waals surface area contributed by atoms with E-state index < -0.39 is 34.8 Å². The minimum Gasteiger partial charge on any atom is -0.497 e. The highest BCUT2D eigenvalue weighted by molar-refractivity contribution is 5.50. The Kier molecular flexibility index (Phi) is 8.33. The molecule has 0 spiro atoms. The van der Waals surface area contributed by atoms with Crippen LogP contribution in [0.5, 0.6) is 5.75 Å². The van der Waals surface area contributed by atoms with Gasteiger partial charge in [0, 0.05) is 19.1 Å². The molecule has 0 aliphatic carbocycles. The Morgan fingerprint density at radius 3 is 2.50 bits per heavy atom. The largest absolute Gasteiger partial charge is 0.497 e. The zero-order chi connectivity index (χ0) is 29.9. The highest BCUT2D eigenvalue weighted by atomic mass is 19.4. The predicted octanol–water partition coefficient (Wildman–Crippen LogP) is 3.25. The number of aromatic nitrogens is 6. The lowest BCUT2D eigenvalue weighted by molar-refractivity contribution is -0.138. The van der Waals surface area contributed by atoms with E-state index in [2.05, 4.69) is 30.6 Å². The van der Waals surface area contributed by atoms with Crippen LogP contribution >= 0.6 is 0 Å². The van der Waals surface area contributed by atoms with E-state index in [-0.39, 0.29) is 31.6 Å². The van der Waals surface area contributed by atoms with Crippen LogP contribution in [-0.2, 0) is 24.1 Å². The average Bonchev–Trinajstić information content (AvgIpc) is 3.38. The monoisotopic (exact) mass is 590 g/mol. The van der Waals surface area contributed by atoms with Crippen molar-refractivity contribution in [2.45, 2.75) is 38.2 Å². The van der Waals surface area contributed by atoms with Gasteiger partial charge in [0.15, 0.2) is 5.82 Å². The fourth-order valence-electron chi connectivity index (χ4n) is 4.28. The van der Waals surface area contributed by atoms with E-state index in [0.717, 1.165) is 23.3 Å². The van der Waals surface area contributed by atoms with Gasteiger partial charge in [-0.3, -0.25) is 4.79 Å². The maximum absolute atomic E-state index is 13.9. The summed E-state index contributed by atoms with van der Waals surface area (Å²) in [6.07, 6.45) is -1.75. The predicted molar refractivity (Wildman–Crippen MR) is 140 cm³/mol. The summed E-state index contributed by atoms with van der Waals surface area (Å²) < 4.78 is 71.8. The number of hydrogen-bond acceptors (Lipinski definition) is 11. The molecule has 1 atom stereocenters. The lowest BCUT2D eigenvalue weighted by Gasteiger charge is -2.36. The van der Waals surface area contributed by atoms with E-state index in [1.165, 1.54) is 7.11 Å². The number of hydrogen-bond donors (Lipinski definition) is 1. The summed E-state index contributed by atoms with van der Waals surface area (Å²) >= 11 is 0. The Hall–Kier alpha value is -4.60. The Bertz CT molecular complexity index is 1550. The van der Waals surface area contributed by atoms with Gasteiger partial charge in [-0.15, -0.1) is 10.2 Å². The van der Waals surface area contributed by atoms with Crippen molar-refractivity contribution in [2.24, 2.45) is 0 Å². The van der Waals surface area contributed by atoms with Crippen molar-refractivity contribution in [1.82, 2.24) is 29.9 Å². The smallest absolute Gasteiger partial charge is 0.423 e.